The number of H-pyrrole nitrogens is 2. The summed E-state index contributed by atoms with van der Waals surface area (Å²) in [7, 11) is 0. The predicted octanol–water partition coefficient (Wildman–Crippen LogP) is 6.92. The van der Waals surface area contributed by atoms with Crippen molar-refractivity contribution in [1.82, 2.24) is 35.1 Å². The lowest BCUT2D eigenvalue weighted by Gasteiger charge is -2.26. The van der Waals surface area contributed by atoms with E-state index in [9.17, 15) is 14.4 Å². The number of carbonyl (C=O) groups is 3. The van der Waals surface area contributed by atoms with Crippen LogP contribution in [0.25, 0.3) is 44.4 Å². The number of aromatic nitrogens is 4. The van der Waals surface area contributed by atoms with E-state index in [4.69, 9.17) is 4.74 Å². The van der Waals surface area contributed by atoms with Crippen molar-refractivity contribution in [2.24, 2.45) is 0 Å². The van der Waals surface area contributed by atoms with Gasteiger partial charge < -0.3 is 29.8 Å². The molecule has 0 aliphatic heterocycles. The molecule has 0 bridgehead atoms. The van der Waals surface area contributed by atoms with Crippen molar-refractivity contribution < 1.29 is 19.1 Å². The average molecular weight is 664 g/mol. The number of imidazole rings is 2. The van der Waals surface area contributed by atoms with Crippen LogP contribution >= 0.6 is 0 Å². The second-order valence-electron chi connectivity index (χ2n) is 13.1. The van der Waals surface area contributed by atoms with Crippen LogP contribution in [0.3, 0.4) is 0 Å². The molecule has 3 aromatic carbocycles. The van der Waals surface area contributed by atoms with Gasteiger partial charge in [-0.15, -0.1) is 0 Å². The lowest BCUT2D eigenvalue weighted by atomic mass is 9.98. The zero-order valence-corrected chi connectivity index (χ0v) is 28.9. The fourth-order valence-electron chi connectivity index (χ4n) is 5.61. The number of benzene rings is 3. The summed E-state index contributed by atoms with van der Waals surface area (Å²) in [6.45, 7) is 11.5. The largest absolute Gasteiger partial charge is 0.444 e. The monoisotopic (exact) mass is 663 g/mol. The summed E-state index contributed by atoms with van der Waals surface area (Å²) < 4.78 is 5.58. The third-order valence-electron chi connectivity index (χ3n) is 7.95. The van der Waals surface area contributed by atoms with Crippen LogP contribution in [0.1, 0.15) is 59.1 Å². The Bertz CT molecular complexity index is 1890. The first-order chi connectivity index (χ1) is 23.6. The van der Waals surface area contributed by atoms with Crippen molar-refractivity contribution in [3.63, 3.8) is 0 Å². The Morgan fingerprint density at radius 2 is 1.27 bits per heavy atom. The van der Waals surface area contributed by atoms with E-state index in [0.717, 1.165) is 57.3 Å². The molecule has 0 fully saturated rings. The van der Waals surface area contributed by atoms with Crippen molar-refractivity contribution in [1.29, 1.82) is 0 Å². The highest BCUT2D eigenvalue weighted by Crippen LogP contribution is 2.30. The molecule has 3 amide bonds. The number of ether oxygens (including phenoxy) is 1. The van der Waals surface area contributed by atoms with E-state index >= 15 is 0 Å². The maximum atomic E-state index is 12.7. The van der Waals surface area contributed by atoms with Gasteiger partial charge in [-0.25, -0.2) is 14.8 Å². The molecule has 11 heteroatoms. The van der Waals surface area contributed by atoms with Gasteiger partial charge in [0, 0.05) is 18.7 Å². The molecular weight excluding hydrogens is 618 g/mol. The molecule has 0 radical (unpaired) electrons. The van der Waals surface area contributed by atoms with Crippen LogP contribution < -0.4 is 5.32 Å². The normalized spacial score (nSPS) is 11.4. The Morgan fingerprint density at radius 1 is 0.755 bits per heavy atom. The molecule has 2 aromatic heterocycles. The van der Waals surface area contributed by atoms with Gasteiger partial charge in [0.1, 0.15) is 17.2 Å². The van der Waals surface area contributed by atoms with Gasteiger partial charge in [-0.3, -0.25) is 9.59 Å². The Balaban J connectivity index is 1.25. The summed E-state index contributed by atoms with van der Waals surface area (Å²) in [5.74, 6) is 1.24. The van der Waals surface area contributed by atoms with Gasteiger partial charge >= 0.3 is 6.09 Å². The maximum absolute atomic E-state index is 12.7. The second kappa shape index (κ2) is 15.6. The van der Waals surface area contributed by atoms with Crippen molar-refractivity contribution in [2.75, 3.05) is 19.6 Å². The smallest absolute Gasteiger partial charge is 0.410 e. The van der Waals surface area contributed by atoms with Crippen LogP contribution in [0.5, 0.6) is 0 Å². The maximum Gasteiger partial charge on any atom is 0.410 e. The molecule has 11 nitrogen and oxygen atoms in total. The molecule has 49 heavy (non-hydrogen) atoms. The van der Waals surface area contributed by atoms with Gasteiger partial charge in [0.25, 0.3) is 0 Å². The van der Waals surface area contributed by atoms with E-state index in [1.54, 1.807) is 22.2 Å². The summed E-state index contributed by atoms with van der Waals surface area (Å²) in [5.41, 5.74) is 5.41. The fourth-order valence-corrected chi connectivity index (χ4v) is 5.61. The van der Waals surface area contributed by atoms with Gasteiger partial charge in [0.15, 0.2) is 0 Å². The minimum atomic E-state index is -0.558. The van der Waals surface area contributed by atoms with Crippen molar-refractivity contribution in [2.45, 2.75) is 66.2 Å². The van der Waals surface area contributed by atoms with E-state index in [1.165, 1.54) is 0 Å². The fraction of sp³-hybridized carbons (Fsp3) is 0.342. The summed E-state index contributed by atoms with van der Waals surface area (Å²) in [6, 6.07) is 21.1. The quantitative estimate of drug-likeness (QED) is 0.110. The number of fused-ring (bicyclic) bond motifs is 1. The molecular formula is C38H45N7O4. The highest BCUT2D eigenvalue weighted by molar-refractivity contribution is 5.90. The zero-order chi connectivity index (χ0) is 35.0. The number of aromatic amines is 2. The summed E-state index contributed by atoms with van der Waals surface area (Å²) in [4.78, 5) is 54.9. The summed E-state index contributed by atoms with van der Waals surface area (Å²) in [6.07, 6.45) is 5.40. The number of carbonyl (C=O) groups excluding carboxylic acids is 3. The standard InChI is InChI=1S/C38H45N7O4/c1-6-16-44(36(47)22-39-25-46)23-34-41-21-33(43-34)31-15-14-29-18-28(12-13-30(29)19-31)26-8-10-27(11-9-26)32-20-40-35(42-32)24-45(17-7-2)37(48)49-38(3,4)5/h8-15,18-21,25H,6-7,16-17,22-24H2,1-5H3,(H,39,46)(H,40,42)(H,41,43). The lowest BCUT2D eigenvalue weighted by Crippen LogP contribution is -2.38. The third kappa shape index (κ3) is 9.13. The highest BCUT2D eigenvalue weighted by Gasteiger charge is 2.23. The number of hydrogen-bond acceptors (Lipinski definition) is 6. The lowest BCUT2D eigenvalue weighted by molar-refractivity contribution is -0.132. The predicted molar refractivity (Wildman–Crippen MR) is 191 cm³/mol. The van der Waals surface area contributed by atoms with Gasteiger partial charge in [-0.2, -0.15) is 0 Å². The van der Waals surface area contributed by atoms with Crippen molar-refractivity contribution in [3.05, 3.63) is 84.7 Å². The molecule has 5 aromatic rings. The van der Waals surface area contributed by atoms with E-state index in [0.29, 0.717) is 44.2 Å². The SMILES string of the molecule is CCCN(Cc1ncc(-c2ccc3cc(-c4ccc(-c5cnc(CN(CCC)C(=O)OC(C)(C)C)[nH]5)cc4)ccc3c2)[nH]1)C(=O)CNC=O. The van der Waals surface area contributed by atoms with Gasteiger partial charge in [-0.1, -0.05) is 62.4 Å². The Hall–Kier alpha value is -5.45. The zero-order valence-electron chi connectivity index (χ0n) is 28.9. The molecule has 5 rings (SSSR count). The van der Waals surface area contributed by atoms with E-state index in [2.05, 4.69) is 85.9 Å². The van der Waals surface area contributed by atoms with Crippen LogP contribution in [0, 0.1) is 0 Å². The number of hydrogen-bond donors (Lipinski definition) is 3. The van der Waals surface area contributed by atoms with Crippen LogP contribution in [0.4, 0.5) is 4.79 Å². The molecule has 0 saturated carbocycles. The van der Waals surface area contributed by atoms with Gasteiger partial charge in [0.05, 0.1) is 43.4 Å². The molecule has 0 aliphatic carbocycles. The first kappa shape index (κ1) is 34.9. The number of nitrogens with zero attached hydrogens (tertiary/aromatic N) is 4. The van der Waals surface area contributed by atoms with Crippen LogP contribution in [-0.4, -0.2) is 73.4 Å². The topological polar surface area (TPSA) is 136 Å². The van der Waals surface area contributed by atoms with Crippen LogP contribution in [0.2, 0.25) is 0 Å². The van der Waals surface area contributed by atoms with Crippen molar-refractivity contribution in [3.8, 4) is 33.6 Å². The van der Waals surface area contributed by atoms with E-state index in [1.807, 2.05) is 34.6 Å². The molecule has 0 unspecified atom stereocenters. The first-order valence-corrected chi connectivity index (χ1v) is 16.7. The number of rotatable bonds is 14. The molecule has 256 valence electrons. The van der Waals surface area contributed by atoms with E-state index in [-0.39, 0.29) is 18.5 Å². The molecule has 0 spiro atoms. The molecule has 0 saturated heterocycles. The number of amides is 3. The summed E-state index contributed by atoms with van der Waals surface area (Å²) in [5, 5.41) is 4.66. The van der Waals surface area contributed by atoms with Gasteiger partial charge in [0.2, 0.25) is 12.3 Å². The Labute approximate surface area is 287 Å². The molecule has 2 heterocycles. The van der Waals surface area contributed by atoms with Crippen molar-refractivity contribution >= 4 is 29.2 Å². The highest BCUT2D eigenvalue weighted by atomic mass is 16.6. The first-order valence-electron chi connectivity index (χ1n) is 16.7. The van der Waals surface area contributed by atoms with Gasteiger partial charge in [-0.05, 0) is 73.2 Å². The van der Waals surface area contributed by atoms with Crippen LogP contribution in [-0.2, 0) is 27.4 Å². The average Bonchev–Trinajstić information content (AvgIpc) is 3.76. The minimum absolute atomic E-state index is 0.0319. The summed E-state index contributed by atoms with van der Waals surface area (Å²) >= 11 is 0. The Kier molecular flexibility index (Phi) is 11.1. The Morgan fingerprint density at radius 3 is 1.86 bits per heavy atom. The van der Waals surface area contributed by atoms with Crippen LogP contribution in [0.15, 0.2) is 73.1 Å². The molecule has 0 atom stereocenters. The third-order valence-corrected chi connectivity index (χ3v) is 7.95. The molecule has 3 N–H and O–H groups in total. The number of nitrogens with one attached hydrogen (secondary N) is 3. The molecule has 0 aliphatic rings. The second-order valence-corrected chi connectivity index (χ2v) is 13.1. The minimum Gasteiger partial charge on any atom is -0.444 e. The van der Waals surface area contributed by atoms with E-state index < -0.39 is 5.60 Å².